The van der Waals surface area contributed by atoms with Crippen LogP contribution in [0.1, 0.15) is 43.6 Å². The number of carbonyl (C=O) groups is 2. The zero-order chi connectivity index (χ0) is 18.3. The number of amides is 1. The number of hydrogen-bond acceptors (Lipinski definition) is 5. The molecular formula is C17H24BrNO5. The second-order valence-electron chi connectivity index (χ2n) is 6.37. The van der Waals surface area contributed by atoms with Crippen molar-refractivity contribution in [1.82, 2.24) is 5.32 Å². The predicted octanol–water partition coefficient (Wildman–Crippen LogP) is 3.67. The molecule has 0 spiro atoms. The molecule has 1 aromatic carbocycles. The van der Waals surface area contributed by atoms with Crippen LogP contribution in [-0.2, 0) is 20.8 Å². The summed E-state index contributed by atoms with van der Waals surface area (Å²) in [7, 11) is 1.34. The quantitative estimate of drug-likeness (QED) is 0.736. The van der Waals surface area contributed by atoms with Crippen LogP contribution < -0.4 is 5.32 Å². The summed E-state index contributed by atoms with van der Waals surface area (Å²) in [6.07, 6.45) is -0.469. The van der Waals surface area contributed by atoms with Crippen LogP contribution in [0.4, 0.5) is 4.79 Å². The summed E-state index contributed by atoms with van der Waals surface area (Å²) in [6, 6.07) is 5.09. The highest BCUT2D eigenvalue weighted by Gasteiger charge is 2.17. The van der Waals surface area contributed by atoms with Gasteiger partial charge in [-0.1, -0.05) is 6.07 Å². The van der Waals surface area contributed by atoms with Crippen LogP contribution in [0, 0.1) is 0 Å². The Bertz CT molecular complexity index is 583. The lowest BCUT2D eigenvalue weighted by atomic mass is 10.1. The fraction of sp³-hybridized carbons (Fsp3) is 0.529. The number of alkyl carbamates (subject to hydrolysis) is 1. The highest BCUT2D eigenvalue weighted by molar-refractivity contribution is 9.10. The van der Waals surface area contributed by atoms with Crippen molar-refractivity contribution in [3.8, 4) is 0 Å². The SMILES string of the molecule is COC(=O)c1ccc(COC[C@@H](C)NC(=O)OC(C)(C)C)cc1Br. The van der Waals surface area contributed by atoms with Gasteiger partial charge in [-0.3, -0.25) is 0 Å². The maximum Gasteiger partial charge on any atom is 0.407 e. The first kappa shape index (κ1) is 20.4. The molecule has 1 N–H and O–H groups in total. The third-order valence-electron chi connectivity index (χ3n) is 2.84. The largest absolute Gasteiger partial charge is 0.465 e. The van der Waals surface area contributed by atoms with Crippen LogP contribution >= 0.6 is 15.9 Å². The lowest BCUT2D eigenvalue weighted by Crippen LogP contribution is -2.39. The lowest BCUT2D eigenvalue weighted by molar-refractivity contribution is 0.0442. The zero-order valence-electron chi connectivity index (χ0n) is 14.6. The molecule has 0 heterocycles. The Morgan fingerprint density at radius 2 is 1.96 bits per heavy atom. The summed E-state index contributed by atoms with van der Waals surface area (Å²) in [5.74, 6) is -0.399. The van der Waals surface area contributed by atoms with Crippen molar-refractivity contribution in [2.75, 3.05) is 13.7 Å². The average Bonchev–Trinajstić information content (AvgIpc) is 2.44. The topological polar surface area (TPSA) is 73.9 Å². The van der Waals surface area contributed by atoms with Gasteiger partial charge in [-0.05, 0) is 61.3 Å². The van der Waals surface area contributed by atoms with Gasteiger partial charge in [0.25, 0.3) is 0 Å². The predicted molar refractivity (Wildman–Crippen MR) is 94.0 cm³/mol. The lowest BCUT2D eigenvalue weighted by Gasteiger charge is -2.22. The van der Waals surface area contributed by atoms with Crippen LogP contribution in [0.25, 0.3) is 0 Å². The van der Waals surface area contributed by atoms with E-state index in [-0.39, 0.29) is 6.04 Å². The van der Waals surface area contributed by atoms with Crippen molar-refractivity contribution in [2.45, 2.75) is 45.9 Å². The number of esters is 1. The van der Waals surface area contributed by atoms with Crippen LogP contribution in [0.3, 0.4) is 0 Å². The Balaban J connectivity index is 2.43. The average molecular weight is 402 g/mol. The van der Waals surface area contributed by atoms with Gasteiger partial charge in [0.05, 0.1) is 31.9 Å². The summed E-state index contributed by atoms with van der Waals surface area (Å²) >= 11 is 3.34. The van der Waals surface area contributed by atoms with Crippen LogP contribution in [0.5, 0.6) is 0 Å². The second kappa shape index (κ2) is 9.03. The first-order valence-corrected chi connectivity index (χ1v) is 8.35. The second-order valence-corrected chi connectivity index (χ2v) is 7.22. The highest BCUT2D eigenvalue weighted by atomic mass is 79.9. The molecule has 6 nitrogen and oxygen atoms in total. The molecule has 0 fully saturated rings. The van der Waals surface area contributed by atoms with Crippen molar-refractivity contribution in [3.63, 3.8) is 0 Å². The van der Waals surface area contributed by atoms with Gasteiger partial charge in [0.15, 0.2) is 0 Å². The first-order valence-electron chi connectivity index (χ1n) is 7.56. The molecule has 1 amide bonds. The van der Waals surface area contributed by atoms with Crippen molar-refractivity contribution in [1.29, 1.82) is 0 Å². The number of carbonyl (C=O) groups excluding carboxylic acids is 2. The van der Waals surface area contributed by atoms with E-state index in [1.54, 1.807) is 18.2 Å². The first-order chi connectivity index (χ1) is 11.1. The number of rotatable bonds is 6. The molecular weight excluding hydrogens is 378 g/mol. The summed E-state index contributed by atoms with van der Waals surface area (Å²) in [4.78, 5) is 23.2. The summed E-state index contributed by atoms with van der Waals surface area (Å²) in [6.45, 7) is 7.97. The van der Waals surface area contributed by atoms with Crippen LogP contribution in [-0.4, -0.2) is 37.4 Å². The van der Waals surface area contributed by atoms with E-state index in [1.165, 1.54) is 7.11 Å². The minimum Gasteiger partial charge on any atom is -0.465 e. The summed E-state index contributed by atoms with van der Waals surface area (Å²) in [5.41, 5.74) is 0.832. The minimum absolute atomic E-state index is 0.183. The van der Waals surface area contributed by atoms with Crippen LogP contribution in [0.15, 0.2) is 22.7 Å². The van der Waals surface area contributed by atoms with Gasteiger partial charge >= 0.3 is 12.1 Å². The Hall–Kier alpha value is -1.60. The van der Waals surface area contributed by atoms with E-state index in [4.69, 9.17) is 9.47 Å². The summed E-state index contributed by atoms with van der Waals surface area (Å²) in [5, 5.41) is 2.71. The van der Waals surface area contributed by atoms with Gasteiger partial charge in [-0.2, -0.15) is 0 Å². The van der Waals surface area contributed by atoms with Gasteiger partial charge in [0.1, 0.15) is 5.60 Å². The standard InChI is InChI=1S/C17H24BrNO5/c1-11(19-16(21)24-17(2,3)4)9-23-10-12-6-7-13(14(18)8-12)15(20)22-5/h6-8,11H,9-10H2,1-5H3,(H,19,21)/t11-/m1/s1. The molecule has 0 saturated heterocycles. The zero-order valence-corrected chi connectivity index (χ0v) is 16.2. The molecule has 1 rings (SSSR count). The van der Waals surface area contributed by atoms with Crippen LogP contribution in [0.2, 0.25) is 0 Å². The van der Waals surface area contributed by atoms with Crippen molar-refractivity contribution in [3.05, 3.63) is 33.8 Å². The maximum absolute atomic E-state index is 11.6. The molecule has 0 aliphatic carbocycles. The fourth-order valence-electron chi connectivity index (χ4n) is 1.83. The highest BCUT2D eigenvalue weighted by Crippen LogP contribution is 2.20. The fourth-order valence-corrected chi connectivity index (χ4v) is 2.42. The van der Waals surface area contributed by atoms with E-state index >= 15 is 0 Å². The number of benzene rings is 1. The minimum atomic E-state index is -0.529. The van der Waals surface area contributed by atoms with Gasteiger partial charge in [-0.15, -0.1) is 0 Å². The molecule has 0 bridgehead atoms. The summed E-state index contributed by atoms with van der Waals surface area (Å²) < 4.78 is 16.1. The number of methoxy groups -OCH3 is 1. The third kappa shape index (κ3) is 7.31. The molecule has 1 atom stereocenters. The van der Waals surface area contributed by atoms with E-state index in [0.717, 1.165) is 5.56 Å². The van der Waals surface area contributed by atoms with Crippen molar-refractivity contribution >= 4 is 28.0 Å². The number of nitrogens with one attached hydrogen (secondary N) is 1. The monoisotopic (exact) mass is 401 g/mol. The third-order valence-corrected chi connectivity index (χ3v) is 3.49. The molecule has 0 saturated carbocycles. The molecule has 0 aliphatic heterocycles. The maximum atomic E-state index is 11.6. The Labute approximate surface area is 151 Å². The molecule has 0 unspecified atom stereocenters. The number of hydrogen-bond donors (Lipinski definition) is 1. The van der Waals surface area contributed by atoms with E-state index in [1.807, 2.05) is 27.7 Å². The Morgan fingerprint density at radius 3 is 2.50 bits per heavy atom. The molecule has 24 heavy (non-hydrogen) atoms. The normalized spacial score (nSPS) is 12.4. The van der Waals surface area contributed by atoms with E-state index in [0.29, 0.717) is 23.2 Å². The number of halogens is 1. The van der Waals surface area contributed by atoms with E-state index < -0.39 is 17.7 Å². The molecule has 0 aliphatic rings. The van der Waals surface area contributed by atoms with Crippen molar-refractivity contribution in [2.24, 2.45) is 0 Å². The van der Waals surface area contributed by atoms with Gasteiger partial charge in [0, 0.05) is 4.47 Å². The van der Waals surface area contributed by atoms with E-state index in [2.05, 4.69) is 26.0 Å². The molecule has 134 valence electrons. The van der Waals surface area contributed by atoms with E-state index in [9.17, 15) is 9.59 Å². The van der Waals surface area contributed by atoms with Gasteiger partial charge in [0.2, 0.25) is 0 Å². The molecule has 0 aromatic heterocycles. The molecule has 1 aromatic rings. The molecule has 0 radical (unpaired) electrons. The van der Waals surface area contributed by atoms with Gasteiger partial charge < -0.3 is 19.5 Å². The van der Waals surface area contributed by atoms with Gasteiger partial charge in [-0.25, -0.2) is 9.59 Å². The smallest absolute Gasteiger partial charge is 0.407 e. The van der Waals surface area contributed by atoms with Crippen molar-refractivity contribution < 1.29 is 23.8 Å². The number of ether oxygens (including phenoxy) is 3. The molecule has 7 heteroatoms. The Morgan fingerprint density at radius 1 is 1.29 bits per heavy atom. The Kier molecular flexibility index (Phi) is 7.69.